The van der Waals surface area contributed by atoms with Gasteiger partial charge in [0.1, 0.15) is 5.75 Å². The largest absolute Gasteiger partial charge is 0.497 e. The molecule has 0 fully saturated rings. The maximum Gasteiger partial charge on any atom is 0.277 e. The zero-order valence-corrected chi connectivity index (χ0v) is 18.3. The van der Waals surface area contributed by atoms with Gasteiger partial charge in [0.2, 0.25) is 11.7 Å². The molecule has 3 aromatic heterocycles. The molecule has 30 heavy (non-hydrogen) atoms. The van der Waals surface area contributed by atoms with Crippen LogP contribution in [0.5, 0.6) is 5.75 Å². The minimum absolute atomic E-state index is 0.462. The van der Waals surface area contributed by atoms with Crippen molar-refractivity contribution in [3.63, 3.8) is 0 Å². The third-order valence-corrected chi connectivity index (χ3v) is 7.11. The smallest absolute Gasteiger partial charge is 0.277 e. The van der Waals surface area contributed by atoms with Crippen LogP contribution in [0, 0.1) is 5.92 Å². The van der Waals surface area contributed by atoms with Crippen LogP contribution in [-0.4, -0.2) is 27.4 Å². The van der Waals surface area contributed by atoms with Gasteiger partial charge in [-0.05, 0) is 61.1 Å². The Labute approximate surface area is 181 Å². The number of hydrogen-bond donors (Lipinski definition) is 0. The van der Waals surface area contributed by atoms with E-state index in [2.05, 4.69) is 33.3 Å². The van der Waals surface area contributed by atoms with E-state index in [1.54, 1.807) is 18.4 Å². The van der Waals surface area contributed by atoms with E-state index in [4.69, 9.17) is 13.7 Å². The molecule has 0 N–H and O–H groups in total. The van der Waals surface area contributed by atoms with Gasteiger partial charge in [-0.3, -0.25) is 0 Å². The molecule has 0 radical (unpaired) electrons. The quantitative estimate of drug-likeness (QED) is 0.375. The lowest BCUT2D eigenvalue weighted by Crippen LogP contribution is -2.07. The number of methoxy groups -OCH3 is 1. The first kappa shape index (κ1) is 19.3. The molecule has 9 heteroatoms. The summed E-state index contributed by atoms with van der Waals surface area (Å²) in [6.07, 6.45) is 3.53. The number of nitrogens with zero attached hydrogens (tertiary/aromatic N) is 4. The molecule has 154 valence electrons. The van der Waals surface area contributed by atoms with E-state index in [1.165, 1.54) is 28.6 Å². The van der Waals surface area contributed by atoms with Crippen molar-refractivity contribution in [2.24, 2.45) is 5.92 Å². The maximum absolute atomic E-state index is 5.86. The molecule has 0 saturated carbocycles. The topological polar surface area (TPSA) is 87.1 Å². The van der Waals surface area contributed by atoms with Crippen molar-refractivity contribution >= 4 is 23.1 Å². The van der Waals surface area contributed by atoms with Crippen molar-refractivity contribution in [1.29, 1.82) is 0 Å². The Balaban J connectivity index is 1.24. The Morgan fingerprint density at radius 3 is 2.93 bits per heavy atom. The molecule has 3 heterocycles. The molecule has 0 aliphatic heterocycles. The van der Waals surface area contributed by atoms with Crippen LogP contribution in [0.2, 0.25) is 0 Å². The molecule has 1 aliphatic rings. The van der Waals surface area contributed by atoms with Crippen LogP contribution in [0.4, 0.5) is 0 Å². The monoisotopic (exact) mass is 440 g/mol. The standard InChI is InChI=1S/C21H20N4O3S2/c1-12-3-8-16-14(9-12)10-17(30-16)20-23-24-21(27-20)29-11-18-22-19(25-28-18)13-4-6-15(26-2)7-5-13/h4-7,10,12H,3,8-9,11H2,1-2H3/t12-/m0/s1. The summed E-state index contributed by atoms with van der Waals surface area (Å²) in [4.78, 5) is 6.94. The maximum atomic E-state index is 5.86. The summed E-state index contributed by atoms with van der Waals surface area (Å²) in [6.45, 7) is 2.30. The van der Waals surface area contributed by atoms with Crippen LogP contribution in [0.25, 0.3) is 22.2 Å². The third-order valence-electron chi connectivity index (χ3n) is 5.08. The molecule has 7 nitrogen and oxygen atoms in total. The SMILES string of the molecule is COc1ccc(-c2noc(CSc3nnc(-c4cc5c(s4)CC[C@H](C)C5)o3)n2)cc1. The summed E-state index contributed by atoms with van der Waals surface area (Å²) in [5, 5.41) is 12.9. The van der Waals surface area contributed by atoms with Gasteiger partial charge in [0.05, 0.1) is 17.7 Å². The van der Waals surface area contributed by atoms with Gasteiger partial charge in [-0.25, -0.2) is 0 Å². The van der Waals surface area contributed by atoms with Crippen molar-refractivity contribution in [3.8, 4) is 27.9 Å². The van der Waals surface area contributed by atoms with E-state index in [0.29, 0.717) is 28.6 Å². The van der Waals surface area contributed by atoms with E-state index < -0.39 is 0 Å². The Hall–Kier alpha value is -2.65. The molecule has 1 aromatic carbocycles. The Bertz CT molecular complexity index is 1150. The first-order chi connectivity index (χ1) is 14.7. The Morgan fingerprint density at radius 1 is 1.23 bits per heavy atom. The van der Waals surface area contributed by atoms with Crippen LogP contribution in [0.15, 0.2) is 44.5 Å². The van der Waals surface area contributed by atoms with Gasteiger partial charge in [-0.15, -0.1) is 21.5 Å². The summed E-state index contributed by atoms with van der Waals surface area (Å²) < 4.78 is 16.4. The fourth-order valence-electron chi connectivity index (χ4n) is 3.47. The van der Waals surface area contributed by atoms with Gasteiger partial charge in [-0.1, -0.05) is 23.8 Å². The summed E-state index contributed by atoms with van der Waals surface area (Å²) in [5.41, 5.74) is 2.30. The number of hydrogen-bond acceptors (Lipinski definition) is 9. The number of benzene rings is 1. The van der Waals surface area contributed by atoms with E-state index >= 15 is 0 Å². The second-order valence-electron chi connectivity index (χ2n) is 7.31. The molecule has 1 atom stereocenters. The van der Waals surface area contributed by atoms with Gasteiger partial charge >= 0.3 is 0 Å². The van der Waals surface area contributed by atoms with Crippen LogP contribution < -0.4 is 4.74 Å². The first-order valence-corrected chi connectivity index (χ1v) is 11.5. The minimum Gasteiger partial charge on any atom is -0.497 e. The molecule has 0 bridgehead atoms. The van der Waals surface area contributed by atoms with E-state index in [0.717, 1.165) is 34.9 Å². The van der Waals surface area contributed by atoms with Gasteiger partial charge in [-0.2, -0.15) is 4.98 Å². The predicted octanol–water partition coefficient (Wildman–Crippen LogP) is 5.27. The van der Waals surface area contributed by atoms with Crippen molar-refractivity contribution in [3.05, 3.63) is 46.7 Å². The summed E-state index contributed by atoms with van der Waals surface area (Å²) in [5.74, 6) is 3.61. The number of aryl methyl sites for hydroxylation is 1. The average Bonchev–Trinajstić information content (AvgIpc) is 3.51. The van der Waals surface area contributed by atoms with Crippen molar-refractivity contribution in [2.75, 3.05) is 7.11 Å². The van der Waals surface area contributed by atoms with Gasteiger partial charge in [0.15, 0.2) is 0 Å². The van der Waals surface area contributed by atoms with Crippen molar-refractivity contribution in [2.45, 2.75) is 37.2 Å². The predicted molar refractivity (Wildman–Crippen MR) is 115 cm³/mol. The Kier molecular flexibility index (Phi) is 5.30. The number of fused-ring (bicyclic) bond motifs is 1. The summed E-state index contributed by atoms with van der Waals surface area (Å²) in [7, 11) is 1.63. The number of thiophene rings is 1. The Morgan fingerprint density at radius 2 is 2.10 bits per heavy atom. The average molecular weight is 441 g/mol. The lowest BCUT2D eigenvalue weighted by Gasteiger charge is -2.16. The molecule has 1 aliphatic carbocycles. The summed E-state index contributed by atoms with van der Waals surface area (Å²) >= 11 is 3.15. The normalized spacial score (nSPS) is 15.9. The molecule has 0 saturated heterocycles. The van der Waals surface area contributed by atoms with Crippen molar-refractivity contribution < 1.29 is 13.7 Å². The second-order valence-corrected chi connectivity index (χ2v) is 9.37. The van der Waals surface area contributed by atoms with Gasteiger partial charge in [0.25, 0.3) is 11.1 Å². The highest BCUT2D eigenvalue weighted by Crippen LogP contribution is 2.37. The van der Waals surface area contributed by atoms with E-state index in [-0.39, 0.29) is 0 Å². The van der Waals surface area contributed by atoms with E-state index in [9.17, 15) is 0 Å². The fourth-order valence-corrected chi connectivity index (χ4v) is 5.20. The molecular formula is C21H20N4O3S2. The minimum atomic E-state index is 0.462. The molecular weight excluding hydrogens is 420 g/mol. The van der Waals surface area contributed by atoms with Crippen LogP contribution in [0.3, 0.4) is 0 Å². The number of thioether (sulfide) groups is 1. The number of aromatic nitrogens is 4. The zero-order valence-electron chi connectivity index (χ0n) is 16.6. The van der Waals surface area contributed by atoms with Gasteiger partial charge in [0, 0.05) is 10.4 Å². The summed E-state index contributed by atoms with van der Waals surface area (Å²) in [6, 6.07) is 9.72. The van der Waals surface area contributed by atoms with Crippen LogP contribution in [0.1, 0.15) is 29.7 Å². The fraction of sp³-hybridized carbons (Fsp3) is 0.333. The highest BCUT2D eigenvalue weighted by molar-refractivity contribution is 7.98. The molecule has 4 aromatic rings. The molecule has 5 rings (SSSR count). The first-order valence-electron chi connectivity index (χ1n) is 9.73. The van der Waals surface area contributed by atoms with Gasteiger partial charge < -0.3 is 13.7 Å². The lowest BCUT2D eigenvalue weighted by atomic mass is 9.90. The molecule has 0 spiro atoms. The van der Waals surface area contributed by atoms with E-state index in [1.807, 2.05) is 24.3 Å². The zero-order chi connectivity index (χ0) is 20.5. The number of rotatable bonds is 6. The lowest BCUT2D eigenvalue weighted by molar-refractivity contribution is 0.391. The third kappa shape index (κ3) is 3.99. The molecule has 0 unspecified atom stereocenters. The highest BCUT2D eigenvalue weighted by atomic mass is 32.2. The highest BCUT2D eigenvalue weighted by Gasteiger charge is 2.21. The van der Waals surface area contributed by atoms with Crippen LogP contribution >= 0.6 is 23.1 Å². The number of ether oxygens (including phenoxy) is 1. The van der Waals surface area contributed by atoms with Crippen molar-refractivity contribution in [1.82, 2.24) is 20.3 Å². The second kappa shape index (κ2) is 8.23. The molecule has 0 amide bonds. The van der Waals surface area contributed by atoms with Crippen LogP contribution in [-0.2, 0) is 18.6 Å².